The van der Waals surface area contributed by atoms with Gasteiger partial charge in [-0.05, 0) is 59.2 Å². The minimum atomic E-state index is -4.98. The van der Waals surface area contributed by atoms with Crippen LogP contribution in [0.3, 0.4) is 0 Å². The SMILES string of the molecule is CC(C)(C)C1(C(C)(C)C)CC2CC(C(=O)OCC(F)(F)F)(C(F)(F)F)C1C1CC21. The number of fused-ring (bicyclic) bond motifs is 2. The molecule has 0 aliphatic heterocycles. The average molecular weight is 428 g/mol. The van der Waals surface area contributed by atoms with E-state index in [1.165, 1.54) is 0 Å². The van der Waals surface area contributed by atoms with Gasteiger partial charge in [0.15, 0.2) is 12.0 Å². The van der Waals surface area contributed by atoms with Crippen LogP contribution in [0.4, 0.5) is 26.3 Å². The summed E-state index contributed by atoms with van der Waals surface area (Å²) in [5.74, 6) is -3.36. The van der Waals surface area contributed by atoms with E-state index in [0.717, 1.165) is 0 Å². The van der Waals surface area contributed by atoms with Gasteiger partial charge in [-0.15, -0.1) is 0 Å². The molecule has 0 heterocycles. The van der Waals surface area contributed by atoms with E-state index in [9.17, 15) is 31.1 Å². The largest absolute Gasteiger partial charge is 0.455 e. The molecule has 29 heavy (non-hydrogen) atoms. The minimum absolute atomic E-state index is 0.128. The van der Waals surface area contributed by atoms with E-state index in [2.05, 4.69) is 4.74 Å². The minimum Gasteiger partial charge on any atom is -0.455 e. The molecule has 0 aromatic rings. The highest BCUT2D eigenvalue weighted by atomic mass is 19.4. The highest BCUT2D eigenvalue weighted by Crippen LogP contribution is 2.81. The van der Waals surface area contributed by atoms with Gasteiger partial charge in [0.25, 0.3) is 0 Å². The van der Waals surface area contributed by atoms with Crippen molar-refractivity contribution in [1.82, 2.24) is 0 Å². The number of carbonyl (C=O) groups excluding carboxylic acids is 1. The maximum Gasteiger partial charge on any atom is 0.422 e. The van der Waals surface area contributed by atoms with Crippen LogP contribution in [0.2, 0.25) is 0 Å². The van der Waals surface area contributed by atoms with Crippen molar-refractivity contribution >= 4 is 5.97 Å². The van der Waals surface area contributed by atoms with Gasteiger partial charge < -0.3 is 4.74 Å². The van der Waals surface area contributed by atoms with Gasteiger partial charge in [0.1, 0.15) is 0 Å². The Kier molecular flexibility index (Phi) is 4.75. The molecule has 0 radical (unpaired) electrons. The van der Waals surface area contributed by atoms with Crippen molar-refractivity contribution in [1.29, 1.82) is 0 Å². The van der Waals surface area contributed by atoms with Crippen molar-refractivity contribution in [2.45, 2.75) is 73.2 Å². The van der Waals surface area contributed by atoms with Gasteiger partial charge in [0.2, 0.25) is 0 Å². The third-order valence-corrected chi connectivity index (χ3v) is 8.07. The Labute approximate surface area is 167 Å². The fourth-order valence-corrected chi connectivity index (χ4v) is 7.33. The molecular weight excluding hydrogens is 398 g/mol. The summed E-state index contributed by atoms with van der Waals surface area (Å²) in [6.07, 6.45) is -9.16. The Bertz CT molecular complexity index is 667. The topological polar surface area (TPSA) is 26.3 Å². The Balaban J connectivity index is 2.19. The molecule has 168 valence electrons. The summed E-state index contributed by atoms with van der Waals surface area (Å²) >= 11 is 0. The first-order valence-corrected chi connectivity index (χ1v) is 10.1. The smallest absolute Gasteiger partial charge is 0.422 e. The molecule has 2 bridgehead atoms. The predicted octanol–water partition coefficient (Wildman–Crippen LogP) is 6.40. The molecule has 4 fully saturated rings. The standard InChI is InChI=1S/C21H30F6O2/c1-16(2,3)19(17(4,5)6)9-11-8-18(21(25,26)27,14(19)13-7-12(11)13)15(28)29-10-20(22,23)24/h11-14H,7-10H2,1-6H3. The molecule has 8 heteroatoms. The van der Waals surface area contributed by atoms with Gasteiger partial charge in [-0.25, -0.2) is 0 Å². The molecule has 0 amide bonds. The highest BCUT2D eigenvalue weighted by Gasteiger charge is 2.83. The maximum atomic E-state index is 14.7. The Hall–Kier alpha value is -0.950. The van der Waals surface area contributed by atoms with Gasteiger partial charge in [0, 0.05) is 0 Å². The molecule has 5 atom stereocenters. The lowest BCUT2D eigenvalue weighted by molar-refractivity contribution is -0.317. The molecule has 5 unspecified atom stereocenters. The lowest BCUT2D eigenvalue weighted by Crippen LogP contribution is -2.69. The molecule has 2 nitrogen and oxygen atoms in total. The van der Waals surface area contributed by atoms with Crippen molar-refractivity contribution in [2.75, 3.05) is 6.61 Å². The van der Waals surface area contributed by atoms with E-state index in [1.807, 2.05) is 41.5 Å². The number of carbonyl (C=O) groups is 1. The zero-order valence-corrected chi connectivity index (χ0v) is 17.7. The molecule has 4 saturated carbocycles. The Morgan fingerprint density at radius 2 is 1.41 bits per heavy atom. The molecular formula is C21H30F6O2. The normalized spacial score (nSPS) is 36.6. The first-order chi connectivity index (χ1) is 12.8. The Morgan fingerprint density at radius 1 is 0.897 bits per heavy atom. The van der Waals surface area contributed by atoms with E-state index >= 15 is 0 Å². The van der Waals surface area contributed by atoms with Crippen LogP contribution in [-0.4, -0.2) is 24.9 Å². The zero-order chi connectivity index (χ0) is 22.4. The quantitative estimate of drug-likeness (QED) is 0.376. The van der Waals surface area contributed by atoms with E-state index in [1.54, 1.807) is 0 Å². The van der Waals surface area contributed by atoms with Crippen LogP contribution in [0, 0.1) is 45.3 Å². The average Bonchev–Trinajstić information content (AvgIpc) is 3.29. The summed E-state index contributed by atoms with van der Waals surface area (Å²) in [5.41, 5.74) is -4.92. The van der Waals surface area contributed by atoms with Gasteiger partial charge in [-0.3, -0.25) is 4.79 Å². The Morgan fingerprint density at radius 3 is 1.79 bits per heavy atom. The second-order valence-corrected chi connectivity index (χ2v) is 11.3. The number of esters is 1. The van der Waals surface area contributed by atoms with Crippen molar-refractivity contribution in [3.8, 4) is 0 Å². The van der Waals surface area contributed by atoms with Crippen LogP contribution in [0.1, 0.15) is 60.8 Å². The third kappa shape index (κ3) is 3.10. The first kappa shape index (κ1) is 22.7. The number of hydrogen-bond acceptors (Lipinski definition) is 2. The molecule has 0 aromatic heterocycles. The summed E-state index contributed by atoms with van der Waals surface area (Å²) in [6.45, 7) is 9.33. The van der Waals surface area contributed by atoms with Crippen LogP contribution < -0.4 is 0 Å². The summed E-state index contributed by atoms with van der Waals surface area (Å²) in [6, 6.07) is 0. The van der Waals surface area contributed by atoms with Crippen LogP contribution in [0.25, 0.3) is 0 Å². The van der Waals surface area contributed by atoms with E-state index in [-0.39, 0.29) is 17.8 Å². The lowest BCUT2D eigenvalue weighted by Gasteiger charge is -2.68. The fraction of sp³-hybridized carbons (Fsp3) is 0.952. The number of ether oxygens (including phenoxy) is 1. The van der Waals surface area contributed by atoms with Crippen LogP contribution in [0.15, 0.2) is 0 Å². The number of hydrogen-bond donors (Lipinski definition) is 0. The number of halogens is 6. The predicted molar refractivity (Wildman–Crippen MR) is 94.7 cm³/mol. The second kappa shape index (κ2) is 6.06. The van der Waals surface area contributed by atoms with Gasteiger partial charge >= 0.3 is 18.3 Å². The summed E-state index contributed by atoms with van der Waals surface area (Å²) in [5, 5.41) is 0. The van der Waals surface area contributed by atoms with Crippen molar-refractivity contribution in [3.05, 3.63) is 0 Å². The highest BCUT2D eigenvalue weighted by molar-refractivity contribution is 5.79. The van der Waals surface area contributed by atoms with Crippen LogP contribution in [0.5, 0.6) is 0 Å². The first-order valence-electron chi connectivity index (χ1n) is 10.1. The summed E-state index contributed by atoms with van der Waals surface area (Å²) < 4.78 is 86.2. The van der Waals surface area contributed by atoms with Crippen molar-refractivity contribution in [2.24, 2.45) is 45.3 Å². The van der Waals surface area contributed by atoms with Gasteiger partial charge in [-0.2, -0.15) is 26.3 Å². The van der Waals surface area contributed by atoms with Gasteiger partial charge in [0.05, 0.1) is 0 Å². The van der Waals surface area contributed by atoms with Crippen molar-refractivity contribution in [3.63, 3.8) is 0 Å². The number of rotatable bonds is 2. The summed E-state index contributed by atoms with van der Waals surface area (Å²) in [4.78, 5) is 12.9. The molecule has 4 rings (SSSR count). The molecule has 4 aliphatic rings. The van der Waals surface area contributed by atoms with Gasteiger partial charge in [-0.1, -0.05) is 41.5 Å². The second-order valence-electron chi connectivity index (χ2n) is 11.3. The monoisotopic (exact) mass is 428 g/mol. The molecule has 0 saturated heterocycles. The molecule has 4 aliphatic carbocycles. The maximum absolute atomic E-state index is 14.7. The molecule has 0 aromatic carbocycles. The molecule has 0 spiro atoms. The van der Waals surface area contributed by atoms with Crippen LogP contribution >= 0.6 is 0 Å². The van der Waals surface area contributed by atoms with E-state index in [0.29, 0.717) is 12.8 Å². The van der Waals surface area contributed by atoms with E-state index in [4.69, 9.17) is 0 Å². The zero-order valence-electron chi connectivity index (χ0n) is 17.7. The fourth-order valence-electron chi connectivity index (χ4n) is 7.33. The van der Waals surface area contributed by atoms with Crippen LogP contribution in [-0.2, 0) is 9.53 Å². The summed E-state index contributed by atoms with van der Waals surface area (Å²) in [7, 11) is 0. The third-order valence-electron chi connectivity index (χ3n) is 8.07. The molecule has 0 N–H and O–H groups in total. The lowest BCUT2D eigenvalue weighted by atomic mass is 9.35. The van der Waals surface area contributed by atoms with Crippen molar-refractivity contribution < 1.29 is 35.9 Å². The van der Waals surface area contributed by atoms with E-state index < -0.39 is 58.9 Å². The number of alkyl halides is 6.